The molecule has 1 saturated carbocycles. The molecule has 0 unspecified atom stereocenters. The van der Waals surface area contributed by atoms with Gasteiger partial charge in [-0.2, -0.15) is 0 Å². The molecule has 1 fully saturated rings. The highest BCUT2D eigenvalue weighted by molar-refractivity contribution is 6.30. The number of hydrogen-bond donors (Lipinski definition) is 2. The van der Waals surface area contributed by atoms with Crippen LogP contribution in [0.2, 0.25) is 5.02 Å². The molecule has 0 bridgehead atoms. The highest BCUT2D eigenvalue weighted by Crippen LogP contribution is 2.29. The predicted octanol–water partition coefficient (Wildman–Crippen LogP) is 4.03. The minimum Gasteiger partial charge on any atom is -0.326 e. The van der Waals surface area contributed by atoms with E-state index in [2.05, 4.69) is 0 Å². The van der Waals surface area contributed by atoms with E-state index >= 15 is 0 Å². The molecule has 0 spiro atoms. The van der Waals surface area contributed by atoms with Crippen molar-refractivity contribution in [3.63, 3.8) is 0 Å². The Morgan fingerprint density at radius 3 is 2.32 bits per heavy atom. The van der Waals surface area contributed by atoms with E-state index in [9.17, 15) is 0 Å². The molecule has 0 radical (unpaired) electrons. The molecule has 0 amide bonds. The Kier molecular flexibility index (Phi) is 5.68. The van der Waals surface area contributed by atoms with Crippen molar-refractivity contribution >= 4 is 11.6 Å². The molecule has 1 aromatic carbocycles. The third kappa shape index (κ3) is 4.48. The Balaban J connectivity index is 1.81. The second-order valence-electron chi connectivity index (χ2n) is 5.82. The van der Waals surface area contributed by atoms with E-state index in [0.717, 1.165) is 22.9 Å². The van der Waals surface area contributed by atoms with Crippen LogP contribution in [0.15, 0.2) is 24.3 Å². The lowest BCUT2D eigenvalue weighted by atomic mass is 9.84. The maximum atomic E-state index is 6.25. The number of halogens is 1. The molecular weight excluding hydrogens is 256 g/mol. The minimum absolute atomic E-state index is 0.0445. The first-order valence-electron chi connectivity index (χ1n) is 7.43. The van der Waals surface area contributed by atoms with E-state index in [1.54, 1.807) is 0 Å². The molecule has 3 heteroatoms. The van der Waals surface area contributed by atoms with Crippen LogP contribution in [0.5, 0.6) is 0 Å². The second kappa shape index (κ2) is 7.28. The first-order valence-corrected chi connectivity index (χ1v) is 7.81. The van der Waals surface area contributed by atoms with Gasteiger partial charge >= 0.3 is 0 Å². The normalized spacial score (nSPS) is 20.2. The van der Waals surface area contributed by atoms with E-state index in [4.69, 9.17) is 23.1 Å². The van der Waals surface area contributed by atoms with E-state index in [1.165, 1.54) is 38.5 Å². The molecular formula is C16H25ClN2. The predicted molar refractivity (Wildman–Crippen MR) is 82.2 cm³/mol. The van der Waals surface area contributed by atoms with Crippen LogP contribution in [0, 0.1) is 5.92 Å². The van der Waals surface area contributed by atoms with Crippen LogP contribution in [0.1, 0.15) is 56.6 Å². The van der Waals surface area contributed by atoms with Crippen molar-refractivity contribution in [1.29, 1.82) is 0 Å². The van der Waals surface area contributed by atoms with E-state index < -0.39 is 0 Å². The van der Waals surface area contributed by atoms with E-state index in [0.29, 0.717) is 0 Å². The summed E-state index contributed by atoms with van der Waals surface area (Å²) in [5.74, 6) is 0.872. The zero-order valence-electron chi connectivity index (χ0n) is 11.5. The molecule has 1 aliphatic carbocycles. The molecule has 0 saturated heterocycles. The SMILES string of the molecule is N[C@H](c1ccc(Cl)cc1)[C@@H](N)CCC1CCCCC1. The van der Waals surface area contributed by atoms with Crippen molar-refractivity contribution < 1.29 is 0 Å². The van der Waals surface area contributed by atoms with Gasteiger partial charge in [-0.25, -0.2) is 0 Å². The average molecular weight is 281 g/mol. The maximum absolute atomic E-state index is 6.25. The van der Waals surface area contributed by atoms with Gasteiger partial charge in [-0.15, -0.1) is 0 Å². The average Bonchev–Trinajstić information content (AvgIpc) is 2.46. The summed E-state index contributed by atoms with van der Waals surface area (Å²) >= 11 is 5.89. The summed E-state index contributed by atoms with van der Waals surface area (Å²) in [6.45, 7) is 0. The third-order valence-electron chi connectivity index (χ3n) is 4.35. The van der Waals surface area contributed by atoms with Gasteiger partial charge in [-0.1, -0.05) is 55.8 Å². The van der Waals surface area contributed by atoms with Gasteiger partial charge in [0.25, 0.3) is 0 Å². The Morgan fingerprint density at radius 2 is 1.68 bits per heavy atom. The van der Waals surface area contributed by atoms with Crippen LogP contribution in [-0.4, -0.2) is 6.04 Å². The van der Waals surface area contributed by atoms with Gasteiger partial charge < -0.3 is 11.5 Å². The summed E-state index contributed by atoms with van der Waals surface area (Å²) in [4.78, 5) is 0. The van der Waals surface area contributed by atoms with Crippen LogP contribution in [0.4, 0.5) is 0 Å². The fourth-order valence-corrected chi connectivity index (χ4v) is 3.14. The third-order valence-corrected chi connectivity index (χ3v) is 4.60. The summed E-state index contributed by atoms with van der Waals surface area (Å²) in [7, 11) is 0. The first kappa shape index (κ1) is 14.8. The number of benzene rings is 1. The molecule has 2 atom stereocenters. The minimum atomic E-state index is -0.0825. The van der Waals surface area contributed by atoms with Crippen molar-refractivity contribution in [2.75, 3.05) is 0 Å². The summed E-state index contributed by atoms with van der Waals surface area (Å²) in [5.41, 5.74) is 13.6. The standard InChI is InChI=1S/C16H25ClN2/c17-14-9-7-13(8-10-14)16(19)15(18)11-6-12-4-2-1-3-5-12/h7-10,12,15-16H,1-6,11,18-19H2/t15-,16+/m0/s1. The van der Waals surface area contributed by atoms with Crippen molar-refractivity contribution in [2.24, 2.45) is 17.4 Å². The number of hydrogen-bond acceptors (Lipinski definition) is 2. The van der Waals surface area contributed by atoms with Crippen molar-refractivity contribution in [1.82, 2.24) is 0 Å². The highest BCUT2D eigenvalue weighted by atomic mass is 35.5. The smallest absolute Gasteiger partial charge is 0.0448 e. The van der Waals surface area contributed by atoms with E-state index in [-0.39, 0.29) is 12.1 Å². The molecule has 1 aliphatic rings. The zero-order chi connectivity index (χ0) is 13.7. The van der Waals surface area contributed by atoms with Crippen LogP contribution in [0.25, 0.3) is 0 Å². The fraction of sp³-hybridized carbons (Fsp3) is 0.625. The van der Waals surface area contributed by atoms with Gasteiger partial charge in [0.2, 0.25) is 0 Å². The number of rotatable bonds is 5. The maximum Gasteiger partial charge on any atom is 0.0448 e. The molecule has 2 rings (SSSR count). The van der Waals surface area contributed by atoms with Gasteiger partial charge in [-0.05, 0) is 36.5 Å². The Bertz CT molecular complexity index is 371. The number of nitrogens with two attached hydrogens (primary N) is 2. The lowest BCUT2D eigenvalue weighted by Crippen LogP contribution is -2.34. The Labute approximate surface area is 121 Å². The second-order valence-corrected chi connectivity index (χ2v) is 6.26. The van der Waals surface area contributed by atoms with Gasteiger partial charge in [0.05, 0.1) is 0 Å². The summed E-state index contributed by atoms with van der Waals surface area (Å²) in [5, 5.41) is 0.742. The lowest BCUT2D eigenvalue weighted by molar-refractivity contribution is 0.316. The first-order chi connectivity index (χ1) is 9.16. The molecule has 2 nitrogen and oxygen atoms in total. The van der Waals surface area contributed by atoms with Gasteiger partial charge in [0.1, 0.15) is 0 Å². The van der Waals surface area contributed by atoms with Crippen LogP contribution in [0.3, 0.4) is 0 Å². The van der Waals surface area contributed by atoms with Gasteiger partial charge in [-0.3, -0.25) is 0 Å². The topological polar surface area (TPSA) is 52.0 Å². The van der Waals surface area contributed by atoms with Crippen molar-refractivity contribution in [3.05, 3.63) is 34.9 Å². The highest BCUT2D eigenvalue weighted by Gasteiger charge is 2.19. The Morgan fingerprint density at radius 1 is 1.05 bits per heavy atom. The van der Waals surface area contributed by atoms with Crippen molar-refractivity contribution in [2.45, 2.75) is 57.0 Å². The fourth-order valence-electron chi connectivity index (χ4n) is 3.02. The molecule has 4 N–H and O–H groups in total. The van der Waals surface area contributed by atoms with Crippen LogP contribution < -0.4 is 11.5 Å². The molecule has 1 aromatic rings. The Hall–Kier alpha value is -0.570. The quantitative estimate of drug-likeness (QED) is 0.856. The monoisotopic (exact) mass is 280 g/mol. The molecule has 19 heavy (non-hydrogen) atoms. The largest absolute Gasteiger partial charge is 0.326 e. The lowest BCUT2D eigenvalue weighted by Gasteiger charge is -2.25. The van der Waals surface area contributed by atoms with Crippen LogP contribution in [-0.2, 0) is 0 Å². The summed E-state index contributed by atoms with van der Waals surface area (Å²) in [6, 6.07) is 7.68. The van der Waals surface area contributed by atoms with E-state index in [1.807, 2.05) is 24.3 Å². The summed E-state index contributed by atoms with van der Waals surface area (Å²) < 4.78 is 0. The zero-order valence-corrected chi connectivity index (χ0v) is 12.3. The molecule has 0 aliphatic heterocycles. The van der Waals surface area contributed by atoms with Gasteiger partial charge in [0, 0.05) is 17.1 Å². The van der Waals surface area contributed by atoms with Crippen LogP contribution >= 0.6 is 11.6 Å². The molecule has 0 heterocycles. The molecule has 0 aromatic heterocycles. The van der Waals surface area contributed by atoms with Gasteiger partial charge in [0.15, 0.2) is 0 Å². The van der Waals surface area contributed by atoms with Crippen molar-refractivity contribution in [3.8, 4) is 0 Å². The summed E-state index contributed by atoms with van der Waals surface area (Å²) in [6.07, 6.45) is 9.20. The molecule has 106 valence electrons.